The van der Waals surface area contributed by atoms with Gasteiger partial charge in [-0.15, -0.1) is 0 Å². The summed E-state index contributed by atoms with van der Waals surface area (Å²) in [5, 5.41) is 2.64. The van der Waals surface area contributed by atoms with Crippen molar-refractivity contribution in [3.63, 3.8) is 0 Å². The van der Waals surface area contributed by atoms with Gasteiger partial charge in [0.25, 0.3) is 0 Å². The average molecular weight is 323 g/mol. The Balaban J connectivity index is 2.43. The van der Waals surface area contributed by atoms with Crippen LogP contribution < -0.4 is 5.32 Å². The molecule has 0 radical (unpaired) electrons. The normalized spacial score (nSPS) is 18.8. The molecular weight excluding hydrogens is 299 g/mol. The highest BCUT2D eigenvalue weighted by Gasteiger charge is 2.47. The van der Waals surface area contributed by atoms with E-state index in [0.717, 1.165) is 26.1 Å². The lowest BCUT2D eigenvalue weighted by atomic mass is 10.2. The number of rotatable bonds is 7. The monoisotopic (exact) mass is 323 g/mol. The third kappa shape index (κ3) is 5.15. The molecule has 1 atom stereocenters. The minimum Gasteiger partial charge on any atom is -0.354 e. The number of carbonyl (C=O) groups excluding carboxylic acids is 2. The van der Waals surface area contributed by atoms with E-state index < -0.39 is 24.0 Å². The van der Waals surface area contributed by atoms with Crippen LogP contribution in [0, 0.1) is 0 Å². The van der Waals surface area contributed by atoms with Gasteiger partial charge in [-0.3, -0.25) is 9.59 Å². The van der Waals surface area contributed by atoms with Gasteiger partial charge in [0, 0.05) is 13.1 Å². The Bertz CT molecular complexity index is 384. The number of halogens is 3. The van der Waals surface area contributed by atoms with Gasteiger partial charge in [-0.1, -0.05) is 13.8 Å². The van der Waals surface area contributed by atoms with Crippen molar-refractivity contribution < 1.29 is 22.8 Å². The standard InChI is InChI=1S/C14H24F3N3O2/c1-3-19(4-2)9-6-8-18-12(21)11-7-5-10-20(11)13(22)14(15,16)17/h11H,3-10H2,1-2H3,(H,18,21). The first-order valence-corrected chi connectivity index (χ1v) is 7.69. The fourth-order valence-corrected chi connectivity index (χ4v) is 2.62. The zero-order valence-electron chi connectivity index (χ0n) is 13.1. The fraction of sp³-hybridized carbons (Fsp3) is 0.857. The van der Waals surface area contributed by atoms with Gasteiger partial charge in [-0.05, 0) is 38.9 Å². The second kappa shape index (κ2) is 8.36. The molecule has 1 saturated heterocycles. The highest BCUT2D eigenvalue weighted by molar-refractivity contribution is 5.90. The van der Waals surface area contributed by atoms with Crippen molar-refractivity contribution in [3.8, 4) is 0 Å². The molecule has 0 aromatic carbocycles. The van der Waals surface area contributed by atoms with E-state index in [1.165, 1.54) is 0 Å². The molecule has 1 N–H and O–H groups in total. The van der Waals surface area contributed by atoms with E-state index in [2.05, 4.69) is 10.2 Å². The predicted octanol–water partition coefficient (Wildman–Crippen LogP) is 1.39. The Morgan fingerprint density at radius 3 is 2.45 bits per heavy atom. The topological polar surface area (TPSA) is 52.7 Å². The minimum atomic E-state index is -4.92. The summed E-state index contributed by atoms with van der Waals surface area (Å²) in [5.74, 6) is -2.41. The number of hydrogen-bond donors (Lipinski definition) is 1. The van der Waals surface area contributed by atoms with Crippen molar-refractivity contribution in [1.29, 1.82) is 0 Å². The number of alkyl halides is 3. The zero-order valence-corrected chi connectivity index (χ0v) is 13.1. The summed E-state index contributed by atoms with van der Waals surface area (Å²) in [6.07, 6.45) is -3.50. The number of amides is 2. The SMILES string of the molecule is CCN(CC)CCCNC(=O)C1CCCN1C(=O)C(F)(F)F. The van der Waals surface area contributed by atoms with Gasteiger partial charge < -0.3 is 15.1 Å². The molecule has 1 rings (SSSR count). The lowest BCUT2D eigenvalue weighted by Crippen LogP contribution is -2.50. The number of likely N-dealkylation sites (tertiary alicyclic amines) is 1. The molecule has 0 spiro atoms. The molecule has 0 aromatic rings. The van der Waals surface area contributed by atoms with Crippen molar-refractivity contribution in [3.05, 3.63) is 0 Å². The maximum atomic E-state index is 12.5. The van der Waals surface area contributed by atoms with Crippen LogP contribution in [0.3, 0.4) is 0 Å². The van der Waals surface area contributed by atoms with Crippen LogP contribution in [0.25, 0.3) is 0 Å². The largest absolute Gasteiger partial charge is 0.471 e. The van der Waals surface area contributed by atoms with Crippen molar-refractivity contribution in [2.45, 2.75) is 45.3 Å². The summed E-state index contributed by atoms with van der Waals surface area (Å²) in [6.45, 7) is 7.13. The van der Waals surface area contributed by atoms with Gasteiger partial charge in [0.05, 0.1) is 0 Å². The van der Waals surface area contributed by atoms with E-state index >= 15 is 0 Å². The third-order valence-electron chi connectivity index (χ3n) is 3.90. The van der Waals surface area contributed by atoms with Crippen LogP contribution in [0.4, 0.5) is 13.2 Å². The van der Waals surface area contributed by atoms with Crippen LogP contribution in [0.5, 0.6) is 0 Å². The smallest absolute Gasteiger partial charge is 0.354 e. The molecule has 0 bridgehead atoms. The Kier molecular flexibility index (Phi) is 7.12. The van der Waals surface area contributed by atoms with Crippen LogP contribution in [-0.4, -0.2) is 66.6 Å². The molecule has 0 saturated carbocycles. The molecule has 1 fully saturated rings. The van der Waals surface area contributed by atoms with Crippen LogP contribution in [-0.2, 0) is 9.59 Å². The number of nitrogens with zero attached hydrogens (tertiary/aromatic N) is 2. The first-order chi connectivity index (χ1) is 10.3. The molecule has 22 heavy (non-hydrogen) atoms. The van der Waals surface area contributed by atoms with E-state index in [4.69, 9.17) is 0 Å². The summed E-state index contributed by atoms with van der Waals surface area (Å²) in [4.78, 5) is 26.1. The van der Waals surface area contributed by atoms with Gasteiger partial charge in [0.2, 0.25) is 5.91 Å². The van der Waals surface area contributed by atoms with Crippen molar-refractivity contribution in [2.24, 2.45) is 0 Å². The summed E-state index contributed by atoms with van der Waals surface area (Å²) in [5.41, 5.74) is 0. The Morgan fingerprint density at radius 2 is 1.91 bits per heavy atom. The zero-order chi connectivity index (χ0) is 16.8. The third-order valence-corrected chi connectivity index (χ3v) is 3.90. The first-order valence-electron chi connectivity index (χ1n) is 7.69. The molecule has 5 nitrogen and oxygen atoms in total. The molecule has 2 amide bonds. The van der Waals surface area contributed by atoms with E-state index in [0.29, 0.717) is 17.9 Å². The molecule has 128 valence electrons. The highest BCUT2D eigenvalue weighted by Crippen LogP contribution is 2.25. The van der Waals surface area contributed by atoms with Gasteiger partial charge in [-0.2, -0.15) is 13.2 Å². The molecule has 1 aliphatic heterocycles. The number of nitrogens with one attached hydrogen (secondary N) is 1. The van der Waals surface area contributed by atoms with Crippen molar-refractivity contribution >= 4 is 11.8 Å². The van der Waals surface area contributed by atoms with Gasteiger partial charge in [-0.25, -0.2) is 0 Å². The maximum Gasteiger partial charge on any atom is 0.471 e. The average Bonchev–Trinajstić information content (AvgIpc) is 2.94. The lowest BCUT2D eigenvalue weighted by molar-refractivity contribution is -0.186. The Hall–Kier alpha value is -1.31. The van der Waals surface area contributed by atoms with Gasteiger partial charge >= 0.3 is 12.1 Å². The molecule has 1 unspecified atom stereocenters. The fourth-order valence-electron chi connectivity index (χ4n) is 2.62. The van der Waals surface area contributed by atoms with E-state index in [-0.39, 0.29) is 13.0 Å². The molecular formula is C14H24F3N3O2. The predicted molar refractivity (Wildman–Crippen MR) is 76.2 cm³/mol. The molecule has 1 aliphatic rings. The minimum absolute atomic E-state index is 0.0180. The summed E-state index contributed by atoms with van der Waals surface area (Å²) in [6, 6.07) is -0.998. The first kappa shape index (κ1) is 18.7. The molecule has 0 aliphatic carbocycles. The summed E-state index contributed by atoms with van der Waals surface area (Å²) in [7, 11) is 0. The van der Waals surface area contributed by atoms with E-state index in [1.54, 1.807) is 0 Å². The van der Waals surface area contributed by atoms with Crippen molar-refractivity contribution in [1.82, 2.24) is 15.1 Å². The Morgan fingerprint density at radius 1 is 1.27 bits per heavy atom. The lowest BCUT2D eigenvalue weighted by Gasteiger charge is -2.25. The second-order valence-corrected chi connectivity index (χ2v) is 5.33. The quantitative estimate of drug-likeness (QED) is 0.720. The molecule has 1 heterocycles. The number of carbonyl (C=O) groups is 2. The number of hydrogen-bond acceptors (Lipinski definition) is 3. The highest BCUT2D eigenvalue weighted by atomic mass is 19.4. The second-order valence-electron chi connectivity index (χ2n) is 5.33. The van der Waals surface area contributed by atoms with Crippen LogP contribution in [0.15, 0.2) is 0 Å². The maximum absolute atomic E-state index is 12.5. The summed E-state index contributed by atoms with van der Waals surface area (Å²) >= 11 is 0. The van der Waals surface area contributed by atoms with Crippen LogP contribution in [0.2, 0.25) is 0 Å². The van der Waals surface area contributed by atoms with Gasteiger partial charge in [0.15, 0.2) is 0 Å². The van der Waals surface area contributed by atoms with E-state index in [1.807, 2.05) is 13.8 Å². The van der Waals surface area contributed by atoms with Crippen molar-refractivity contribution in [2.75, 3.05) is 32.7 Å². The Labute approximate surface area is 128 Å². The molecule has 0 aromatic heterocycles. The molecule has 8 heteroatoms. The summed E-state index contributed by atoms with van der Waals surface area (Å²) < 4.78 is 37.4. The van der Waals surface area contributed by atoms with Crippen LogP contribution in [0.1, 0.15) is 33.1 Å². The van der Waals surface area contributed by atoms with E-state index in [9.17, 15) is 22.8 Å². The van der Waals surface area contributed by atoms with Crippen LogP contribution >= 0.6 is 0 Å². The van der Waals surface area contributed by atoms with Gasteiger partial charge in [0.1, 0.15) is 6.04 Å².